The first kappa shape index (κ1) is 5.71. The molecule has 2 aliphatic heterocycles. The number of hydrogen-bond donors (Lipinski definition) is 0. The summed E-state index contributed by atoms with van der Waals surface area (Å²) in [6.07, 6.45) is 8.70. The first-order valence-corrected chi connectivity index (χ1v) is 3.51. The summed E-state index contributed by atoms with van der Waals surface area (Å²) < 4.78 is 0. The summed E-state index contributed by atoms with van der Waals surface area (Å²) in [6.45, 7) is 0.799. The van der Waals surface area contributed by atoms with Crippen LogP contribution < -0.4 is 0 Å². The summed E-state index contributed by atoms with van der Waals surface area (Å²) >= 11 is 0. The predicted octanol–water partition coefficient (Wildman–Crippen LogP) is 0.713. The van der Waals surface area contributed by atoms with Gasteiger partial charge in [-0.05, 0) is 0 Å². The van der Waals surface area contributed by atoms with Crippen molar-refractivity contribution in [1.29, 1.82) is 0 Å². The highest BCUT2D eigenvalue weighted by Crippen LogP contribution is 2.16. The predicted molar refractivity (Wildman–Crippen MR) is 38.4 cm³/mol. The molecule has 2 aliphatic rings. The lowest BCUT2D eigenvalue weighted by molar-refractivity contribution is -0.130. The third kappa shape index (κ3) is 0.685. The molecular weight excluding hydrogens is 126 g/mol. The number of carbonyl (C=O) groups is 1. The standard InChI is InChI=1S/C8H9NO/c10-8-5-1-3-7-4-2-6-9(7)8/h1-4,7H,5-6H2/t7-/m0/s1. The molecule has 1 atom stereocenters. The molecule has 0 spiro atoms. The van der Waals surface area contributed by atoms with E-state index in [9.17, 15) is 4.79 Å². The van der Waals surface area contributed by atoms with Crippen LogP contribution >= 0.6 is 0 Å². The van der Waals surface area contributed by atoms with Gasteiger partial charge >= 0.3 is 0 Å². The van der Waals surface area contributed by atoms with Crippen molar-refractivity contribution in [2.75, 3.05) is 6.54 Å². The van der Waals surface area contributed by atoms with E-state index in [4.69, 9.17) is 0 Å². The van der Waals surface area contributed by atoms with Gasteiger partial charge in [-0.2, -0.15) is 0 Å². The zero-order valence-corrected chi connectivity index (χ0v) is 5.66. The van der Waals surface area contributed by atoms with E-state index in [1.807, 2.05) is 17.1 Å². The van der Waals surface area contributed by atoms with E-state index in [0.29, 0.717) is 6.42 Å². The van der Waals surface area contributed by atoms with E-state index in [1.165, 1.54) is 0 Å². The number of fused-ring (bicyclic) bond motifs is 1. The molecule has 2 heterocycles. The van der Waals surface area contributed by atoms with Crippen molar-refractivity contribution in [2.45, 2.75) is 12.5 Å². The number of rotatable bonds is 0. The molecule has 0 saturated heterocycles. The third-order valence-corrected chi connectivity index (χ3v) is 1.94. The minimum atomic E-state index is 0.248. The molecular formula is C8H9NO. The van der Waals surface area contributed by atoms with E-state index < -0.39 is 0 Å². The van der Waals surface area contributed by atoms with Gasteiger partial charge in [-0.25, -0.2) is 0 Å². The number of carbonyl (C=O) groups excluding carboxylic acids is 1. The molecule has 0 aromatic carbocycles. The van der Waals surface area contributed by atoms with Crippen molar-refractivity contribution >= 4 is 5.91 Å². The zero-order chi connectivity index (χ0) is 6.97. The fourth-order valence-electron chi connectivity index (χ4n) is 1.40. The van der Waals surface area contributed by atoms with Gasteiger partial charge in [0.2, 0.25) is 5.91 Å². The minimum Gasteiger partial charge on any atom is -0.329 e. The SMILES string of the molecule is O=C1CC=C[C@H]2C=CCN12. The van der Waals surface area contributed by atoms with Gasteiger partial charge in [-0.3, -0.25) is 4.79 Å². The van der Waals surface area contributed by atoms with Crippen molar-refractivity contribution in [3.63, 3.8) is 0 Å². The molecule has 2 nitrogen and oxygen atoms in total. The summed E-state index contributed by atoms with van der Waals surface area (Å²) in [5, 5.41) is 0. The third-order valence-electron chi connectivity index (χ3n) is 1.94. The Labute approximate surface area is 59.8 Å². The van der Waals surface area contributed by atoms with Crippen LogP contribution in [0, 0.1) is 0 Å². The molecule has 1 amide bonds. The normalized spacial score (nSPS) is 29.4. The summed E-state index contributed by atoms with van der Waals surface area (Å²) in [4.78, 5) is 13.0. The van der Waals surface area contributed by atoms with Crippen LogP contribution in [0.1, 0.15) is 6.42 Å². The van der Waals surface area contributed by atoms with Crippen LogP contribution in [0.2, 0.25) is 0 Å². The zero-order valence-electron chi connectivity index (χ0n) is 5.66. The lowest BCUT2D eigenvalue weighted by Crippen LogP contribution is -2.36. The second-order valence-electron chi connectivity index (χ2n) is 2.60. The van der Waals surface area contributed by atoms with Crippen molar-refractivity contribution in [3.05, 3.63) is 24.3 Å². The summed E-state index contributed by atoms with van der Waals surface area (Å²) in [6, 6.07) is 0.265. The van der Waals surface area contributed by atoms with Gasteiger partial charge < -0.3 is 4.90 Å². The number of hydrogen-bond acceptors (Lipinski definition) is 1. The van der Waals surface area contributed by atoms with Crippen LogP contribution in [0.25, 0.3) is 0 Å². The van der Waals surface area contributed by atoms with Crippen LogP contribution in [-0.4, -0.2) is 23.4 Å². The average Bonchev–Trinajstić information content (AvgIpc) is 2.36. The largest absolute Gasteiger partial charge is 0.329 e. The molecule has 0 bridgehead atoms. The Morgan fingerprint density at radius 3 is 3.00 bits per heavy atom. The Balaban J connectivity index is 2.27. The average molecular weight is 135 g/mol. The van der Waals surface area contributed by atoms with Gasteiger partial charge in [0.25, 0.3) is 0 Å². The highest BCUT2D eigenvalue weighted by Gasteiger charge is 2.24. The van der Waals surface area contributed by atoms with Crippen LogP contribution in [0.4, 0.5) is 0 Å². The van der Waals surface area contributed by atoms with Crippen molar-refractivity contribution in [3.8, 4) is 0 Å². The van der Waals surface area contributed by atoms with Gasteiger partial charge in [0.05, 0.1) is 6.04 Å². The molecule has 0 N–H and O–H groups in total. The maximum Gasteiger partial charge on any atom is 0.227 e. The number of nitrogens with zero attached hydrogens (tertiary/aromatic N) is 1. The van der Waals surface area contributed by atoms with Gasteiger partial charge in [0.1, 0.15) is 0 Å². The van der Waals surface area contributed by atoms with Crippen LogP contribution in [0.15, 0.2) is 24.3 Å². The van der Waals surface area contributed by atoms with Gasteiger partial charge in [-0.15, -0.1) is 0 Å². The van der Waals surface area contributed by atoms with E-state index in [0.717, 1.165) is 6.54 Å². The molecule has 0 unspecified atom stereocenters. The first-order valence-electron chi connectivity index (χ1n) is 3.51. The fourth-order valence-corrected chi connectivity index (χ4v) is 1.40. The van der Waals surface area contributed by atoms with E-state index >= 15 is 0 Å². The Morgan fingerprint density at radius 1 is 1.40 bits per heavy atom. The Hall–Kier alpha value is -1.05. The van der Waals surface area contributed by atoms with E-state index in [1.54, 1.807) is 0 Å². The molecule has 52 valence electrons. The Kier molecular flexibility index (Phi) is 1.13. The lowest BCUT2D eigenvalue weighted by atomic mass is 10.1. The monoisotopic (exact) mass is 135 g/mol. The van der Waals surface area contributed by atoms with Crippen molar-refractivity contribution in [2.24, 2.45) is 0 Å². The van der Waals surface area contributed by atoms with Crippen LogP contribution in [-0.2, 0) is 4.79 Å². The smallest absolute Gasteiger partial charge is 0.227 e. The van der Waals surface area contributed by atoms with Crippen molar-refractivity contribution < 1.29 is 4.79 Å². The van der Waals surface area contributed by atoms with E-state index in [-0.39, 0.29) is 11.9 Å². The lowest BCUT2D eigenvalue weighted by Gasteiger charge is -2.24. The minimum absolute atomic E-state index is 0.248. The maximum absolute atomic E-state index is 11.1. The second kappa shape index (κ2) is 1.97. The highest BCUT2D eigenvalue weighted by atomic mass is 16.2. The molecule has 0 aromatic rings. The quantitative estimate of drug-likeness (QED) is 0.448. The molecule has 0 aromatic heterocycles. The van der Waals surface area contributed by atoms with Gasteiger partial charge in [0.15, 0.2) is 0 Å². The first-order chi connectivity index (χ1) is 4.88. The highest BCUT2D eigenvalue weighted by molar-refractivity contribution is 5.80. The Morgan fingerprint density at radius 2 is 2.20 bits per heavy atom. The summed E-state index contributed by atoms with van der Waals surface area (Å²) in [7, 11) is 0. The topological polar surface area (TPSA) is 20.3 Å². The van der Waals surface area contributed by atoms with Crippen LogP contribution in [0.3, 0.4) is 0 Å². The molecule has 0 aliphatic carbocycles. The fraction of sp³-hybridized carbons (Fsp3) is 0.375. The van der Waals surface area contributed by atoms with Gasteiger partial charge in [-0.1, -0.05) is 24.3 Å². The number of amides is 1. The van der Waals surface area contributed by atoms with Gasteiger partial charge in [0, 0.05) is 13.0 Å². The second-order valence-corrected chi connectivity index (χ2v) is 2.60. The maximum atomic E-state index is 11.1. The molecule has 2 rings (SSSR count). The summed E-state index contributed by atoms with van der Waals surface area (Å²) in [5.74, 6) is 0.248. The molecule has 10 heavy (non-hydrogen) atoms. The molecule has 0 saturated carbocycles. The molecule has 0 radical (unpaired) electrons. The Bertz CT molecular complexity index is 217. The van der Waals surface area contributed by atoms with E-state index in [2.05, 4.69) is 12.2 Å². The summed E-state index contributed by atoms with van der Waals surface area (Å²) in [5.41, 5.74) is 0. The van der Waals surface area contributed by atoms with Crippen LogP contribution in [0.5, 0.6) is 0 Å². The van der Waals surface area contributed by atoms with Crippen molar-refractivity contribution in [1.82, 2.24) is 4.90 Å². The molecule has 2 heteroatoms. The molecule has 0 fully saturated rings.